The Bertz CT molecular complexity index is 854. The third-order valence-corrected chi connectivity index (χ3v) is 4.30. The molecule has 0 saturated heterocycles. The van der Waals surface area contributed by atoms with Gasteiger partial charge in [0.1, 0.15) is 6.04 Å². The van der Waals surface area contributed by atoms with Gasteiger partial charge in [-0.05, 0) is 37.6 Å². The number of fused-ring (bicyclic) bond motifs is 1. The second kappa shape index (κ2) is 8.18. The highest BCUT2D eigenvalue weighted by atomic mass is 35.5. The van der Waals surface area contributed by atoms with Crippen molar-refractivity contribution in [2.45, 2.75) is 19.4 Å². The fraction of sp³-hybridized carbons (Fsp3) is 0.333. The molecule has 1 aromatic carbocycles. The van der Waals surface area contributed by atoms with Gasteiger partial charge in [-0.2, -0.15) is 5.10 Å². The van der Waals surface area contributed by atoms with E-state index >= 15 is 0 Å². The van der Waals surface area contributed by atoms with E-state index in [1.54, 1.807) is 17.9 Å². The van der Waals surface area contributed by atoms with Gasteiger partial charge in [-0.1, -0.05) is 12.1 Å². The molecule has 0 spiro atoms. The smallest absolute Gasteiger partial charge is 0.241 e. The molecule has 0 aliphatic rings. The zero-order valence-electron chi connectivity index (χ0n) is 14.7. The molecule has 0 saturated carbocycles. The Labute approximate surface area is 153 Å². The van der Waals surface area contributed by atoms with Gasteiger partial charge in [-0.3, -0.25) is 9.48 Å². The van der Waals surface area contributed by atoms with Crippen molar-refractivity contribution in [2.75, 3.05) is 13.6 Å². The van der Waals surface area contributed by atoms with Crippen LogP contribution in [0.5, 0.6) is 0 Å². The van der Waals surface area contributed by atoms with Crippen LogP contribution in [0, 0.1) is 6.92 Å². The van der Waals surface area contributed by atoms with Crippen LogP contribution in [0.1, 0.15) is 22.7 Å². The van der Waals surface area contributed by atoms with Crippen LogP contribution >= 0.6 is 12.4 Å². The first kappa shape index (κ1) is 19.0. The monoisotopic (exact) mass is 361 g/mol. The van der Waals surface area contributed by atoms with Crippen LogP contribution in [0.25, 0.3) is 10.9 Å². The summed E-state index contributed by atoms with van der Waals surface area (Å²) in [5, 5.41) is 11.4. The first-order valence-electron chi connectivity index (χ1n) is 8.09. The Morgan fingerprint density at radius 3 is 2.88 bits per heavy atom. The van der Waals surface area contributed by atoms with Crippen molar-refractivity contribution in [2.24, 2.45) is 7.05 Å². The summed E-state index contributed by atoms with van der Waals surface area (Å²) in [6.45, 7) is 2.70. The second-order valence-corrected chi connectivity index (χ2v) is 6.02. The average Bonchev–Trinajstić information content (AvgIpc) is 3.16. The number of carbonyl (C=O) groups is 1. The molecule has 0 aliphatic carbocycles. The number of aryl methyl sites for hydroxylation is 2. The molecule has 7 heteroatoms. The Balaban J connectivity index is 0.00000225. The van der Waals surface area contributed by atoms with Crippen molar-refractivity contribution >= 4 is 29.2 Å². The Kier molecular flexibility index (Phi) is 6.22. The number of hydrogen-bond donors (Lipinski definition) is 3. The Hall–Kier alpha value is -2.31. The van der Waals surface area contributed by atoms with E-state index in [0.29, 0.717) is 6.54 Å². The highest BCUT2D eigenvalue weighted by Gasteiger charge is 2.19. The molecular weight excluding hydrogens is 338 g/mol. The molecule has 3 rings (SSSR count). The van der Waals surface area contributed by atoms with Crippen LogP contribution in [0.2, 0.25) is 0 Å². The summed E-state index contributed by atoms with van der Waals surface area (Å²) in [5.74, 6) is -0.0398. The summed E-state index contributed by atoms with van der Waals surface area (Å²) in [6, 6.07) is 5.84. The van der Waals surface area contributed by atoms with Crippen LogP contribution in [0.3, 0.4) is 0 Å². The number of aromatic amines is 1. The van der Waals surface area contributed by atoms with Crippen molar-refractivity contribution in [3.05, 3.63) is 53.5 Å². The van der Waals surface area contributed by atoms with E-state index in [0.717, 1.165) is 17.5 Å². The number of aromatic nitrogens is 3. The minimum atomic E-state index is -0.386. The van der Waals surface area contributed by atoms with Crippen LogP contribution in [0.4, 0.5) is 0 Å². The van der Waals surface area contributed by atoms with E-state index in [4.69, 9.17) is 0 Å². The topological polar surface area (TPSA) is 74.7 Å². The van der Waals surface area contributed by atoms with Gasteiger partial charge in [0.2, 0.25) is 5.91 Å². The minimum absolute atomic E-state index is 0. The first-order chi connectivity index (χ1) is 11.6. The van der Waals surface area contributed by atoms with Gasteiger partial charge in [-0.15, -0.1) is 12.4 Å². The summed E-state index contributed by atoms with van der Waals surface area (Å²) in [4.78, 5) is 15.7. The number of nitrogens with zero attached hydrogens (tertiary/aromatic N) is 2. The highest BCUT2D eigenvalue weighted by Crippen LogP contribution is 2.22. The number of benzene rings is 1. The fourth-order valence-corrected chi connectivity index (χ4v) is 3.11. The first-order valence-corrected chi connectivity index (χ1v) is 8.09. The molecule has 6 nitrogen and oxygen atoms in total. The van der Waals surface area contributed by atoms with E-state index in [1.807, 2.05) is 25.5 Å². The van der Waals surface area contributed by atoms with E-state index in [-0.39, 0.29) is 24.4 Å². The molecule has 0 aliphatic heterocycles. The molecular formula is C18H24ClN5O. The number of amides is 1. The van der Waals surface area contributed by atoms with Crippen molar-refractivity contribution < 1.29 is 4.79 Å². The van der Waals surface area contributed by atoms with E-state index in [2.05, 4.69) is 39.8 Å². The second-order valence-electron chi connectivity index (χ2n) is 6.02. The lowest BCUT2D eigenvalue weighted by molar-refractivity contribution is -0.123. The lowest BCUT2D eigenvalue weighted by Crippen LogP contribution is -2.36. The highest BCUT2D eigenvalue weighted by molar-refractivity contribution is 5.87. The number of halogens is 1. The molecule has 1 amide bonds. The van der Waals surface area contributed by atoms with Gasteiger partial charge in [0.25, 0.3) is 0 Å². The summed E-state index contributed by atoms with van der Waals surface area (Å²) in [5.41, 5.74) is 4.48. The van der Waals surface area contributed by atoms with Crippen LogP contribution < -0.4 is 10.6 Å². The number of carbonyl (C=O) groups excluding carboxylic acids is 1. The summed E-state index contributed by atoms with van der Waals surface area (Å²) in [7, 11) is 3.62. The SMILES string of the molecule is CNC(C(=O)NCCc1c[nH]c2cccc(C)c12)c1cnn(C)c1.Cl. The van der Waals surface area contributed by atoms with Gasteiger partial charge in [0, 0.05) is 42.5 Å². The standard InChI is InChI=1S/C18H23N5O.ClH/c1-12-5-4-6-15-16(12)13(9-21-15)7-8-20-18(24)17(19-2)14-10-22-23(3)11-14;/h4-6,9-11,17,19,21H,7-8H2,1-3H3,(H,20,24);1H. The van der Waals surface area contributed by atoms with E-state index < -0.39 is 0 Å². The van der Waals surface area contributed by atoms with E-state index in [1.165, 1.54) is 16.5 Å². The predicted octanol–water partition coefficient (Wildman–Crippen LogP) is 2.25. The molecule has 3 N–H and O–H groups in total. The van der Waals surface area contributed by atoms with E-state index in [9.17, 15) is 4.79 Å². The molecule has 0 radical (unpaired) electrons. The number of likely N-dealkylation sites (N-methyl/N-ethyl adjacent to an activating group) is 1. The fourth-order valence-electron chi connectivity index (χ4n) is 3.11. The molecule has 0 bridgehead atoms. The molecule has 1 atom stereocenters. The summed E-state index contributed by atoms with van der Waals surface area (Å²) >= 11 is 0. The zero-order chi connectivity index (χ0) is 17.1. The molecule has 2 heterocycles. The third-order valence-electron chi connectivity index (χ3n) is 4.30. The molecule has 1 unspecified atom stereocenters. The molecule has 0 fully saturated rings. The van der Waals surface area contributed by atoms with Gasteiger partial charge >= 0.3 is 0 Å². The maximum Gasteiger partial charge on any atom is 0.241 e. The predicted molar refractivity (Wildman–Crippen MR) is 102 cm³/mol. The molecule has 25 heavy (non-hydrogen) atoms. The lowest BCUT2D eigenvalue weighted by atomic mass is 10.1. The average molecular weight is 362 g/mol. The molecule has 2 aromatic heterocycles. The number of H-pyrrole nitrogens is 1. The lowest BCUT2D eigenvalue weighted by Gasteiger charge is -2.14. The van der Waals surface area contributed by atoms with Crippen molar-refractivity contribution in [3.63, 3.8) is 0 Å². The van der Waals surface area contributed by atoms with Gasteiger partial charge in [-0.25, -0.2) is 0 Å². The van der Waals surface area contributed by atoms with Crippen molar-refractivity contribution in [1.82, 2.24) is 25.4 Å². The Morgan fingerprint density at radius 1 is 1.40 bits per heavy atom. The van der Waals surface area contributed by atoms with Crippen LogP contribution in [-0.2, 0) is 18.3 Å². The quantitative estimate of drug-likeness (QED) is 0.630. The Morgan fingerprint density at radius 2 is 2.20 bits per heavy atom. The normalized spacial score (nSPS) is 12.0. The number of hydrogen-bond acceptors (Lipinski definition) is 3. The number of nitrogens with one attached hydrogen (secondary N) is 3. The van der Waals surface area contributed by atoms with Crippen LogP contribution in [-0.4, -0.2) is 34.3 Å². The molecule has 3 aromatic rings. The van der Waals surface area contributed by atoms with Crippen LogP contribution in [0.15, 0.2) is 36.8 Å². The summed E-state index contributed by atoms with van der Waals surface area (Å²) < 4.78 is 1.70. The summed E-state index contributed by atoms with van der Waals surface area (Å²) in [6.07, 6.45) is 6.38. The minimum Gasteiger partial charge on any atom is -0.361 e. The maximum atomic E-state index is 12.4. The maximum absolute atomic E-state index is 12.4. The third kappa shape index (κ3) is 4.03. The van der Waals surface area contributed by atoms with Gasteiger partial charge < -0.3 is 15.6 Å². The largest absolute Gasteiger partial charge is 0.361 e. The van der Waals surface area contributed by atoms with Crippen molar-refractivity contribution in [3.8, 4) is 0 Å². The zero-order valence-corrected chi connectivity index (χ0v) is 15.5. The molecule has 134 valence electrons. The number of rotatable bonds is 6. The van der Waals surface area contributed by atoms with Gasteiger partial charge in [0.05, 0.1) is 6.20 Å². The van der Waals surface area contributed by atoms with Crippen molar-refractivity contribution in [1.29, 1.82) is 0 Å². The van der Waals surface area contributed by atoms with Gasteiger partial charge in [0.15, 0.2) is 0 Å².